The van der Waals surface area contributed by atoms with E-state index in [0.29, 0.717) is 31.2 Å². The van der Waals surface area contributed by atoms with Crippen LogP contribution in [0.3, 0.4) is 0 Å². The number of likely N-dealkylation sites (tertiary alicyclic amines) is 1. The lowest BCUT2D eigenvalue weighted by Gasteiger charge is -2.31. The Balaban J connectivity index is 1.30. The van der Waals surface area contributed by atoms with E-state index in [1.54, 1.807) is 6.92 Å². The van der Waals surface area contributed by atoms with Crippen molar-refractivity contribution in [3.63, 3.8) is 0 Å². The molecule has 1 amide bonds. The molecule has 6 heteroatoms. The molecule has 2 fully saturated rings. The third-order valence-electron chi connectivity index (χ3n) is 5.43. The van der Waals surface area contributed by atoms with Crippen LogP contribution in [0.1, 0.15) is 67.7 Å². The Hall–Kier alpha value is -2.11. The standard InChI is InChI=1S/C19H25N3O3/c1-12-10-16(12)17-7-5-15(24-17)6-8-18(23)22-9-3-4-14(11-22)19-20-13(2)25-21-19/h5,7,12,14,16H,3-4,6,8-11H2,1-2H3/t12-,14-,16-/m1/s1. The van der Waals surface area contributed by atoms with Crippen molar-refractivity contribution in [3.8, 4) is 0 Å². The van der Waals surface area contributed by atoms with Crippen molar-refractivity contribution < 1.29 is 13.7 Å². The van der Waals surface area contributed by atoms with Gasteiger partial charge in [0.15, 0.2) is 5.82 Å². The summed E-state index contributed by atoms with van der Waals surface area (Å²) >= 11 is 0. The lowest BCUT2D eigenvalue weighted by atomic mass is 9.97. The first kappa shape index (κ1) is 16.4. The molecule has 2 aliphatic rings. The second-order valence-electron chi connectivity index (χ2n) is 7.47. The highest BCUT2D eigenvalue weighted by Crippen LogP contribution is 2.47. The van der Waals surface area contributed by atoms with Crippen molar-refractivity contribution >= 4 is 5.91 Å². The van der Waals surface area contributed by atoms with E-state index in [1.165, 1.54) is 6.42 Å². The number of piperidine rings is 1. The van der Waals surface area contributed by atoms with Crippen LogP contribution in [0.15, 0.2) is 21.1 Å². The third-order valence-corrected chi connectivity index (χ3v) is 5.43. The first-order chi connectivity index (χ1) is 12.1. The highest BCUT2D eigenvalue weighted by molar-refractivity contribution is 5.76. The Bertz CT molecular complexity index is 751. The van der Waals surface area contributed by atoms with Crippen LogP contribution >= 0.6 is 0 Å². The van der Waals surface area contributed by atoms with Gasteiger partial charge in [0.05, 0.1) is 0 Å². The van der Waals surface area contributed by atoms with Gasteiger partial charge < -0.3 is 13.8 Å². The van der Waals surface area contributed by atoms with E-state index in [1.807, 2.05) is 11.0 Å². The van der Waals surface area contributed by atoms with Gasteiger partial charge in [-0.2, -0.15) is 4.98 Å². The van der Waals surface area contributed by atoms with Gasteiger partial charge in [0.2, 0.25) is 11.8 Å². The summed E-state index contributed by atoms with van der Waals surface area (Å²) < 4.78 is 11.0. The molecule has 25 heavy (non-hydrogen) atoms. The Morgan fingerprint density at radius 1 is 1.40 bits per heavy atom. The summed E-state index contributed by atoms with van der Waals surface area (Å²) in [6.45, 7) is 5.53. The van der Waals surface area contributed by atoms with Gasteiger partial charge in [0, 0.05) is 44.7 Å². The molecule has 0 unspecified atom stereocenters. The number of amides is 1. The molecular weight excluding hydrogens is 318 g/mol. The average Bonchev–Trinajstić information content (AvgIpc) is 3.02. The lowest BCUT2D eigenvalue weighted by Crippen LogP contribution is -2.39. The fraction of sp³-hybridized carbons (Fsp3) is 0.632. The minimum atomic E-state index is 0.182. The second kappa shape index (κ2) is 6.65. The highest BCUT2D eigenvalue weighted by atomic mass is 16.5. The molecule has 1 aliphatic carbocycles. The molecule has 0 N–H and O–H groups in total. The molecule has 0 aromatic carbocycles. The van der Waals surface area contributed by atoms with Crippen LogP contribution in [-0.4, -0.2) is 34.0 Å². The van der Waals surface area contributed by atoms with Crippen molar-refractivity contribution in [2.24, 2.45) is 5.92 Å². The van der Waals surface area contributed by atoms with Gasteiger partial charge in [-0.15, -0.1) is 0 Å². The Morgan fingerprint density at radius 3 is 2.96 bits per heavy atom. The van der Waals surface area contributed by atoms with Crippen LogP contribution in [-0.2, 0) is 11.2 Å². The van der Waals surface area contributed by atoms with Crippen molar-refractivity contribution in [2.75, 3.05) is 13.1 Å². The van der Waals surface area contributed by atoms with Gasteiger partial charge in [-0.25, -0.2) is 0 Å². The number of carbonyl (C=O) groups is 1. The van der Waals surface area contributed by atoms with Gasteiger partial charge in [-0.05, 0) is 37.3 Å². The zero-order chi connectivity index (χ0) is 17.4. The number of hydrogen-bond donors (Lipinski definition) is 0. The predicted octanol–water partition coefficient (Wildman–Crippen LogP) is 3.43. The van der Waals surface area contributed by atoms with Crippen LogP contribution < -0.4 is 0 Å². The quantitative estimate of drug-likeness (QED) is 0.831. The fourth-order valence-electron chi connectivity index (χ4n) is 3.73. The predicted molar refractivity (Wildman–Crippen MR) is 91.1 cm³/mol. The van der Waals surface area contributed by atoms with Crippen LogP contribution in [0.2, 0.25) is 0 Å². The number of aromatic nitrogens is 2. The van der Waals surface area contributed by atoms with Crippen LogP contribution in [0.25, 0.3) is 0 Å². The first-order valence-corrected chi connectivity index (χ1v) is 9.26. The topological polar surface area (TPSA) is 72.4 Å². The monoisotopic (exact) mass is 343 g/mol. The van der Waals surface area contributed by atoms with E-state index < -0.39 is 0 Å². The molecule has 0 radical (unpaired) electrons. The van der Waals surface area contributed by atoms with E-state index in [9.17, 15) is 4.79 Å². The molecular formula is C19H25N3O3. The first-order valence-electron chi connectivity index (χ1n) is 9.26. The van der Waals surface area contributed by atoms with Crippen molar-refractivity contribution in [2.45, 2.75) is 57.8 Å². The van der Waals surface area contributed by atoms with E-state index in [2.05, 4.69) is 23.1 Å². The Labute approximate surface area is 147 Å². The number of hydrogen-bond acceptors (Lipinski definition) is 5. The maximum absolute atomic E-state index is 12.6. The number of nitrogens with zero attached hydrogens (tertiary/aromatic N) is 3. The smallest absolute Gasteiger partial charge is 0.223 e. The average molecular weight is 343 g/mol. The number of aryl methyl sites for hydroxylation is 2. The van der Waals surface area contributed by atoms with Crippen LogP contribution in [0, 0.1) is 12.8 Å². The largest absolute Gasteiger partial charge is 0.466 e. The maximum atomic E-state index is 12.6. The summed E-state index contributed by atoms with van der Waals surface area (Å²) in [5, 5.41) is 4.02. The summed E-state index contributed by atoms with van der Waals surface area (Å²) in [7, 11) is 0. The van der Waals surface area contributed by atoms with E-state index in [-0.39, 0.29) is 11.8 Å². The zero-order valence-corrected chi connectivity index (χ0v) is 14.9. The molecule has 1 saturated heterocycles. The normalized spacial score (nSPS) is 26.0. The molecule has 1 aliphatic heterocycles. The summed E-state index contributed by atoms with van der Waals surface area (Å²) in [5.74, 6) is 5.00. The SMILES string of the molecule is Cc1nc([C@@H]2CCCN(C(=O)CCc3ccc([C@@H]4C[C@H]4C)o3)C2)no1. The van der Waals surface area contributed by atoms with Gasteiger partial charge in [-0.3, -0.25) is 4.79 Å². The van der Waals surface area contributed by atoms with Crippen molar-refractivity contribution in [1.29, 1.82) is 0 Å². The van der Waals surface area contributed by atoms with Gasteiger partial charge in [-0.1, -0.05) is 12.1 Å². The van der Waals surface area contributed by atoms with Crippen molar-refractivity contribution in [1.82, 2.24) is 15.0 Å². The maximum Gasteiger partial charge on any atom is 0.223 e. The molecule has 4 rings (SSSR count). The summed E-state index contributed by atoms with van der Waals surface area (Å²) in [6.07, 6.45) is 4.36. The molecule has 0 bridgehead atoms. The zero-order valence-electron chi connectivity index (χ0n) is 14.9. The minimum absolute atomic E-state index is 0.182. The molecule has 3 atom stereocenters. The van der Waals surface area contributed by atoms with Gasteiger partial charge in [0.25, 0.3) is 0 Å². The summed E-state index contributed by atoms with van der Waals surface area (Å²) in [4.78, 5) is 18.8. The van der Waals surface area contributed by atoms with Crippen molar-refractivity contribution in [3.05, 3.63) is 35.4 Å². The minimum Gasteiger partial charge on any atom is -0.466 e. The second-order valence-corrected chi connectivity index (χ2v) is 7.47. The number of carbonyl (C=O) groups excluding carboxylic acids is 1. The number of furan rings is 1. The Kier molecular flexibility index (Phi) is 4.36. The summed E-state index contributed by atoms with van der Waals surface area (Å²) in [6, 6.07) is 4.10. The number of rotatable bonds is 5. The molecule has 2 aromatic heterocycles. The highest BCUT2D eigenvalue weighted by Gasteiger charge is 2.36. The van der Waals surface area contributed by atoms with E-state index in [0.717, 1.165) is 42.6 Å². The van der Waals surface area contributed by atoms with E-state index >= 15 is 0 Å². The fourth-order valence-corrected chi connectivity index (χ4v) is 3.73. The molecule has 0 spiro atoms. The molecule has 6 nitrogen and oxygen atoms in total. The molecule has 3 heterocycles. The Morgan fingerprint density at radius 2 is 2.24 bits per heavy atom. The van der Waals surface area contributed by atoms with E-state index in [4.69, 9.17) is 8.94 Å². The lowest BCUT2D eigenvalue weighted by molar-refractivity contribution is -0.132. The van der Waals surface area contributed by atoms with Crippen LogP contribution in [0.5, 0.6) is 0 Å². The summed E-state index contributed by atoms with van der Waals surface area (Å²) in [5.41, 5.74) is 0. The third kappa shape index (κ3) is 3.62. The van der Waals surface area contributed by atoms with Crippen LogP contribution in [0.4, 0.5) is 0 Å². The molecule has 1 saturated carbocycles. The molecule has 134 valence electrons. The van der Waals surface area contributed by atoms with Gasteiger partial charge in [0.1, 0.15) is 11.5 Å². The molecule has 2 aromatic rings. The van der Waals surface area contributed by atoms with Gasteiger partial charge >= 0.3 is 0 Å².